The van der Waals surface area contributed by atoms with Crippen molar-refractivity contribution < 1.29 is 19.4 Å². The molecule has 4 heterocycles. The van der Waals surface area contributed by atoms with E-state index in [0.717, 1.165) is 5.56 Å². The van der Waals surface area contributed by atoms with E-state index in [1.54, 1.807) is 0 Å². The third kappa shape index (κ3) is 2.92. The van der Waals surface area contributed by atoms with Crippen LogP contribution >= 0.6 is 0 Å². The number of hydrogen-bond donors (Lipinski definition) is 1. The molecule has 0 radical (unpaired) electrons. The molecule has 6 nitrogen and oxygen atoms in total. The van der Waals surface area contributed by atoms with E-state index in [4.69, 9.17) is 4.74 Å². The molecular weight excluding hydrogens is 368 g/mol. The molecule has 3 fully saturated rings. The summed E-state index contributed by atoms with van der Waals surface area (Å²) < 4.78 is 6.24. The van der Waals surface area contributed by atoms with Crippen molar-refractivity contribution in [2.45, 2.75) is 51.0 Å². The molecule has 1 aromatic carbocycles. The van der Waals surface area contributed by atoms with Gasteiger partial charge in [-0.05, 0) is 43.4 Å². The van der Waals surface area contributed by atoms with Crippen LogP contribution in [-0.2, 0) is 20.9 Å². The first-order valence-corrected chi connectivity index (χ1v) is 10.6. The lowest BCUT2D eigenvalue weighted by molar-refractivity contribution is -0.144. The smallest absolute Gasteiger partial charge is 0.230 e. The molecule has 29 heavy (non-hydrogen) atoms. The Morgan fingerprint density at radius 1 is 1.24 bits per heavy atom. The zero-order chi connectivity index (χ0) is 20.3. The maximum absolute atomic E-state index is 13.4. The van der Waals surface area contributed by atoms with E-state index in [-0.39, 0.29) is 24.0 Å². The summed E-state index contributed by atoms with van der Waals surface area (Å²) >= 11 is 0. The first kappa shape index (κ1) is 18.8. The lowest BCUT2D eigenvalue weighted by Crippen LogP contribution is -2.49. The van der Waals surface area contributed by atoms with Crippen LogP contribution in [0.3, 0.4) is 0 Å². The van der Waals surface area contributed by atoms with Gasteiger partial charge in [-0.15, -0.1) is 0 Å². The van der Waals surface area contributed by atoms with Crippen molar-refractivity contribution in [3.8, 4) is 0 Å². The zero-order valence-electron chi connectivity index (χ0n) is 17.0. The fourth-order valence-electron chi connectivity index (χ4n) is 5.41. The monoisotopic (exact) mass is 396 g/mol. The standard InChI is InChI=1S/C23H28N2O4/c1-14-3-4-16(11-15(14)2)12-25-13-23-8-5-18(29-23)19(20(23)22(25)28)21(27)24-9-6-17(26)7-10-24/h3-5,8,11,17-20,26H,6-7,9-10,12-13H2,1-2H3/t18-,19-,20+,23-/m0/s1. The summed E-state index contributed by atoms with van der Waals surface area (Å²) in [6.07, 6.45) is 4.52. The molecule has 0 unspecified atom stereocenters. The molecule has 2 amide bonds. The number of ether oxygens (including phenoxy) is 1. The van der Waals surface area contributed by atoms with E-state index in [1.165, 1.54) is 11.1 Å². The molecule has 4 aliphatic heterocycles. The summed E-state index contributed by atoms with van der Waals surface area (Å²) in [5.41, 5.74) is 2.88. The average Bonchev–Trinajstić information content (AvgIpc) is 3.33. The van der Waals surface area contributed by atoms with Crippen molar-refractivity contribution in [3.63, 3.8) is 0 Å². The second-order valence-corrected chi connectivity index (χ2v) is 9.07. The number of aliphatic hydroxyl groups excluding tert-OH is 1. The Bertz CT molecular complexity index is 889. The van der Waals surface area contributed by atoms with Crippen LogP contribution in [0.2, 0.25) is 0 Å². The number of carbonyl (C=O) groups excluding carboxylic acids is 2. The van der Waals surface area contributed by atoms with Crippen LogP contribution in [0.25, 0.3) is 0 Å². The number of aryl methyl sites for hydroxylation is 2. The normalized spacial score (nSPS) is 33.6. The maximum Gasteiger partial charge on any atom is 0.230 e. The Kier molecular flexibility index (Phi) is 4.33. The summed E-state index contributed by atoms with van der Waals surface area (Å²) in [5.74, 6) is -0.874. The predicted molar refractivity (Wildman–Crippen MR) is 107 cm³/mol. The van der Waals surface area contributed by atoms with Gasteiger partial charge in [0.15, 0.2) is 0 Å². The number of rotatable bonds is 3. The Morgan fingerprint density at radius 2 is 2.00 bits per heavy atom. The largest absolute Gasteiger partial charge is 0.393 e. The predicted octanol–water partition coefficient (Wildman–Crippen LogP) is 1.57. The summed E-state index contributed by atoms with van der Waals surface area (Å²) in [6, 6.07) is 6.28. The Labute approximate surface area is 171 Å². The highest BCUT2D eigenvalue weighted by Crippen LogP contribution is 2.52. The molecule has 4 aliphatic rings. The highest BCUT2D eigenvalue weighted by molar-refractivity contribution is 5.93. The molecule has 1 N–H and O–H groups in total. The quantitative estimate of drug-likeness (QED) is 0.788. The first-order chi connectivity index (χ1) is 13.9. The summed E-state index contributed by atoms with van der Waals surface area (Å²) in [5, 5.41) is 9.75. The third-order valence-electron chi connectivity index (χ3n) is 7.18. The van der Waals surface area contributed by atoms with E-state index in [2.05, 4.69) is 32.0 Å². The van der Waals surface area contributed by atoms with Gasteiger partial charge in [-0.25, -0.2) is 0 Å². The van der Waals surface area contributed by atoms with E-state index >= 15 is 0 Å². The average molecular weight is 396 g/mol. The van der Waals surface area contributed by atoms with Crippen molar-refractivity contribution in [3.05, 3.63) is 47.0 Å². The number of benzene rings is 1. The Morgan fingerprint density at radius 3 is 2.72 bits per heavy atom. The number of hydrogen-bond acceptors (Lipinski definition) is 4. The molecule has 3 saturated heterocycles. The molecule has 154 valence electrons. The number of nitrogens with zero attached hydrogens (tertiary/aromatic N) is 2. The highest BCUT2D eigenvalue weighted by atomic mass is 16.5. The molecule has 2 bridgehead atoms. The van der Waals surface area contributed by atoms with Crippen LogP contribution < -0.4 is 0 Å². The molecule has 0 aromatic heterocycles. The van der Waals surface area contributed by atoms with E-state index < -0.39 is 17.4 Å². The van der Waals surface area contributed by atoms with Gasteiger partial charge < -0.3 is 19.6 Å². The highest BCUT2D eigenvalue weighted by Gasteiger charge is 2.67. The lowest BCUT2D eigenvalue weighted by Gasteiger charge is -2.34. The van der Waals surface area contributed by atoms with Gasteiger partial charge >= 0.3 is 0 Å². The summed E-state index contributed by atoms with van der Waals surface area (Å²) in [6.45, 7) is 6.29. The van der Waals surface area contributed by atoms with Crippen LogP contribution in [0.4, 0.5) is 0 Å². The fourth-order valence-corrected chi connectivity index (χ4v) is 5.41. The van der Waals surface area contributed by atoms with E-state index in [0.29, 0.717) is 39.0 Å². The van der Waals surface area contributed by atoms with Crippen molar-refractivity contribution in [1.82, 2.24) is 9.80 Å². The van der Waals surface area contributed by atoms with Crippen molar-refractivity contribution in [1.29, 1.82) is 0 Å². The van der Waals surface area contributed by atoms with Gasteiger partial charge in [-0.2, -0.15) is 0 Å². The second-order valence-electron chi connectivity index (χ2n) is 9.07. The minimum Gasteiger partial charge on any atom is -0.393 e. The zero-order valence-corrected chi connectivity index (χ0v) is 17.0. The van der Waals surface area contributed by atoms with E-state index in [1.807, 2.05) is 22.0 Å². The molecule has 5 rings (SSSR count). The number of carbonyl (C=O) groups is 2. The molecular formula is C23H28N2O4. The minimum atomic E-state index is -0.670. The Hall–Kier alpha value is -2.18. The SMILES string of the molecule is Cc1ccc(CN2C[C@]34C=C[C@H](O3)[C@H](C(=O)N3CCC(O)CC3)[C@@H]4C2=O)cc1C. The van der Waals surface area contributed by atoms with Crippen molar-refractivity contribution in [2.75, 3.05) is 19.6 Å². The van der Waals surface area contributed by atoms with Gasteiger partial charge in [-0.1, -0.05) is 30.4 Å². The number of fused-ring (bicyclic) bond motifs is 1. The van der Waals surface area contributed by atoms with Gasteiger partial charge in [0, 0.05) is 19.6 Å². The minimum absolute atomic E-state index is 0.000458. The van der Waals surface area contributed by atoms with Gasteiger partial charge in [0.25, 0.3) is 0 Å². The van der Waals surface area contributed by atoms with Gasteiger partial charge in [0.05, 0.1) is 30.6 Å². The topological polar surface area (TPSA) is 70.1 Å². The number of piperidine rings is 1. The van der Waals surface area contributed by atoms with E-state index in [9.17, 15) is 14.7 Å². The van der Waals surface area contributed by atoms with Crippen molar-refractivity contribution >= 4 is 11.8 Å². The first-order valence-electron chi connectivity index (χ1n) is 10.6. The molecule has 1 aromatic rings. The molecule has 0 saturated carbocycles. The number of likely N-dealkylation sites (tertiary alicyclic amines) is 2. The van der Waals surface area contributed by atoms with Crippen LogP contribution in [0.1, 0.15) is 29.5 Å². The molecule has 6 heteroatoms. The van der Waals surface area contributed by atoms with Gasteiger partial charge in [0.1, 0.15) is 5.60 Å². The molecule has 4 atom stereocenters. The molecule has 1 spiro atoms. The summed E-state index contributed by atoms with van der Waals surface area (Å²) in [4.78, 5) is 30.3. The van der Waals surface area contributed by atoms with Crippen LogP contribution in [0.15, 0.2) is 30.4 Å². The number of amides is 2. The maximum atomic E-state index is 13.4. The number of aliphatic hydroxyl groups is 1. The third-order valence-corrected chi connectivity index (χ3v) is 7.18. The van der Waals surface area contributed by atoms with Gasteiger partial charge in [0.2, 0.25) is 11.8 Å². The fraction of sp³-hybridized carbons (Fsp3) is 0.565. The van der Waals surface area contributed by atoms with Gasteiger partial charge in [-0.3, -0.25) is 9.59 Å². The second kappa shape index (κ2) is 6.67. The van der Waals surface area contributed by atoms with Crippen LogP contribution in [0, 0.1) is 25.7 Å². The van der Waals surface area contributed by atoms with Crippen LogP contribution in [-0.4, -0.2) is 64.2 Å². The molecule has 0 aliphatic carbocycles. The Balaban J connectivity index is 1.37. The lowest BCUT2D eigenvalue weighted by atomic mass is 9.76. The summed E-state index contributed by atoms with van der Waals surface area (Å²) in [7, 11) is 0. The van der Waals surface area contributed by atoms with Crippen molar-refractivity contribution in [2.24, 2.45) is 11.8 Å². The van der Waals surface area contributed by atoms with Crippen LogP contribution in [0.5, 0.6) is 0 Å².